The Morgan fingerprint density at radius 3 is 1.58 bits per heavy atom. The Kier molecular flexibility index (Phi) is 9.03. The summed E-state index contributed by atoms with van der Waals surface area (Å²) in [4.78, 5) is 0. The van der Waals surface area contributed by atoms with E-state index >= 15 is 0 Å². The van der Waals surface area contributed by atoms with Crippen LogP contribution >= 0.6 is 0 Å². The first-order valence-electron chi connectivity index (χ1n) is 14.1. The van der Waals surface area contributed by atoms with Crippen LogP contribution in [-0.2, 0) is 25.7 Å². The monoisotopic (exact) mass is 512 g/mol. The van der Waals surface area contributed by atoms with E-state index in [4.69, 9.17) is 0 Å². The lowest BCUT2D eigenvalue weighted by Crippen LogP contribution is -2.10. The van der Waals surface area contributed by atoms with Crippen molar-refractivity contribution in [3.8, 4) is 0 Å². The maximum Gasteiger partial charge on any atom is 0.136 e. The molecule has 2 aliphatic carbocycles. The lowest BCUT2D eigenvalue weighted by molar-refractivity contribution is 0.501. The summed E-state index contributed by atoms with van der Waals surface area (Å²) in [7, 11) is 0. The molecule has 0 spiro atoms. The second kappa shape index (κ2) is 12.2. The molecule has 0 fully saturated rings. The molecule has 0 saturated carbocycles. The molecule has 0 aliphatic heterocycles. The van der Waals surface area contributed by atoms with E-state index < -0.39 is 11.6 Å². The van der Waals surface area contributed by atoms with Gasteiger partial charge in [0.15, 0.2) is 0 Å². The molecule has 0 aromatic heterocycles. The number of fused-ring (bicyclic) bond motifs is 3. The number of hydrogen-bond donors (Lipinski definition) is 0. The fraction of sp³-hybridized carbons (Fsp3) is 0.389. The summed E-state index contributed by atoms with van der Waals surface area (Å²) in [5.41, 5.74) is 10.2. The Morgan fingerprint density at radius 1 is 0.579 bits per heavy atom. The normalized spacial score (nSPS) is 17.9. The van der Waals surface area contributed by atoms with Gasteiger partial charge in [0.05, 0.1) is 0 Å². The molecule has 4 aromatic rings. The van der Waals surface area contributed by atoms with Crippen LogP contribution in [0.4, 0.5) is 8.78 Å². The van der Waals surface area contributed by atoms with Gasteiger partial charge in [0.2, 0.25) is 0 Å². The maximum atomic E-state index is 13.6. The Labute approximate surface area is 228 Å². The van der Waals surface area contributed by atoms with Gasteiger partial charge in [-0.2, -0.15) is 0 Å². The zero-order valence-corrected chi connectivity index (χ0v) is 23.9. The van der Waals surface area contributed by atoms with E-state index in [9.17, 15) is 8.78 Å². The maximum absolute atomic E-state index is 13.6. The van der Waals surface area contributed by atoms with Crippen molar-refractivity contribution in [1.29, 1.82) is 0 Å². The highest BCUT2D eigenvalue weighted by Crippen LogP contribution is 2.27. The Balaban J connectivity index is 0.000000133. The molecule has 2 atom stereocenters. The van der Waals surface area contributed by atoms with Crippen molar-refractivity contribution in [2.24, 2.45) is 11.8 Å². The molecule has 2 unspecified atom stereocenters. The van der Waals surface area contributed by atoms with Crippen LogP contribution < -0.4 is 0 Å². The minimum Gasteiger partial charge on any atom is -0.207 e. The third-order valence-corrected chi connectivity index (χ3v) is 8.09. The molecule has 2 heteroatoms. The summed E-state index contributed by atoms with van der Waals surface area (Å²) < 4.78 is 26.8. The van der Waals surface area contributed by atoms with Gasteiger partial charge in [-0.05, 0) is 112 Å². The first-order chi connectivity index (χ1) is 18.1. The summed E-state index contributed by atoms with van der Waals surface area (Å²) in [6.45, 7) is 12.4. The van der Waals surface area contributed by atoms with Crippen LogP contribution in [0.5, 0.6) is 0 Å². The summed E-state index contributed by atoms with van der Waals surface area (Å²) in [5.74, 6) is 0.834. The number of halogens is 2. The number of hydrogen-bond acceptors (Lipinski definition) is 0. The van der Waals surface area contributed by atoms with E-state index in [1.807, 2.05) is 13.0 Å². The standard InChI is InChI=1S/C12H10F2.2C12H16/c1-7-3-4-10-9(5-7)6-11(13)8(2)12(10)14;2*1-9-3-5-12-8-10(2)4-6-11(12)7-9/h3-6H,1-2H3;2*3,5,7,10H,4,6,8H2,1-2H3. The van der Waals surface area contributed by atoms with Crippen molar-refractivity contribution in [1.82, 2.24) is 0 Å². The van der Waals surface area contributed by atoms with Gasteiger partial charge >= 0.3 is 0 Å². The van der Waals surface area contributed by atoms with Gasteiger partial charge in [-0.3, -0.25) is 0 Å². The zero-order valence-electron chi connectivity index (χ0n) is 23.9. The van der Waals surface area contributed by atoms with Gasteiger partial charge in [0.25, 0.3) is 0 Å². The summed E-state index contributed by atoms with van der Waals surface area (Å²) >= 11 is 0. The van der Waals surface area contributed by atoms with Crippen molar-refractivity contribution in [2.75, 3.05) is 0 Å². The van der Waals surface area contributed by atoms with E-state index in [-0.39, 0.29) is 5.56 Å². The molecule has 0 bridgehead atoms. The van der Waals surface area contributed by atoms with Crippen molar-refractivity contribution >= 4 is 10.8 Å². The largest absolute Gasteiger partial charge is 0.207 e. The summed E-state index contributed by atoms with van der Waals surface area (Å²) in [6, 6.07) is 20.4. The third kappa shape index (κ3) is 6.90. The van der Waals surface area contributed by atoms with Gasteiger partial charge < -0.3 is 0 Å². The van der Waals surface area contributed by atoms with Crippen molar-refractivity contribution in [3.05, 3.63) is 117 Å². The van der Waals surface area contributed by atoms with Crippen LogP contribution in [-0.4, -0.2) is 0 Å². The SMILES string of the molecule is Cc1ccc2c(F)c(C)c(F)cc2c1.Cc1ccc2c(c1)CCC(C)C2.Cc1ccc2c(c1)CCC(C)C2. The van der Waals surface area contributed by atoms with Gasteiger partial charge in [-0.1, -0.05) is 85.1 Å². The van der Waals surface area contributed by atoms with Crippen LogP contribution in [0.25, 0.3) is 10.8 Å². The smallest absolute Gasteiger partial charge is 0.136 e. The molecule has 6 rings (SSSR count). The molecule has 200 valence electrons. The summed E-state index contributed by atoms with van der Waals surface area (Å²) in [5, 5.41) is 1.10. The number of rotatable bonds is 0. The van der Waals surface area contributed by atoms with Crippen LogP contribution in [0.1, 0.15) is 71.2 Å². The molecule has 2 aliphatic rings. The Hall–Kier alpha value is -3.00. The number of benzene rings is 4. The first-order valence-corrected chi connectivity index (χ1v) is 14.1. The second-order valence-corrected chi connectivity index (χ2v) is 11.8. The topological polar surface area (TPSA) is 0 Å². The molecule has 0 N–H and O–H groups in total. The van der Waals surface area contributed by atoms with Gasteiger partial charge in [-0.25, -0.2) is 8.78 Å². The molecule has 38 heavy (non-hydrogen) atoms. The predicted octanol–water partition coefficient (Wildman–Crippen LogP) is 9.97. The van der Waals surface area contributed by atoms with Crippen molar-refractivity contribution in [2.45, 2.75) is 80.1 Å². The molecule has 0 saturated heterocycles. The third-order valence-electron chi connectivity index (χ3n) is 8.09. The van der Waals surface area contributed by atoms with Gasteiger partial charge in [0.1, 0.15) is 11.6 Å². The van der Waals surface area contributed by atoms with E-state index in [1.165, 1.54) is 62.6 Å². The zero-order chi connectivity index (χ0) is 27.4. The Morgan fingerprint density at radius 2 is 1.05 bits per heavy atom. The van der Waals surface area contributed by atoms with Crippen LogP contribution in [0, 0.1) is 51.2 Å². The lowest BCUT2D eigenvalue weighted by Gasteiger charge is -2.21. The highest BCUT2D eigenvalue weighted by atomic mass is 19.1. The minimum atomic E-state index is -0.486. The quantitative estimate of drug-likeness (QED) is 0.220. The first kappa shape index (κ1) is 28.0. The average molecular weight is 513 g/mol. The number of aryl methyl sites for hydroxylation is 5. The van der Waals surface area contributed by atoms with Crippen molar-refractivity contribution < 1.29 is 8.78 Å². The Bertz CT molecular complexity index is 1350. The highest BCUT2D eigenvalue weighted by Gasteiger charge is 2.15. The van der Waals surface area contributed by atoms with Crippen LogP contribution in [0.15, 0.2) is 60.7 Å². The predicted molar refractivity (Wildman–Crippen MR) is 158 cm³/mol. The van der Waals surface area contributed by atoms with Crippen LogP contribution in [0.2, 0.25) is 0 Å². The fourth-order valence-corrected chi connectivity index (χ4v) is 5.68. The minimum absolute atomic E-state index is 0.0846. The van der Waals surface area contributed by atoms with Crippen LogP contribution in [0.3, 0.4) is 0 Å². The van der Waals surface area contributed by atoms with E-state index in [2.05, 4.69) is 64.1 Å². The molecular formula is C36H42F2. The van der Waals surface area contributed by atoms with E-state index in [1.54, 1.807) is 34.4 Å². The lowest BCUT2D eigenvalue weighted by atomic mass is 9.84. The highest BCUT2D eigenvalue weighted by molar-refractivity contribution is 5.84. The molecule has 0 radical (unpaired) electrons. The fourth-order valence-electron chi connectivity index (χ4n) is 5.68. The average Bonchev–Trinajstić information content (AvgIpc) is 2.88. The summed E-state index contributed by atoms with van der Waals surface area (Å²) in [6.07, 6.45) is 7.90. The molecule has 0 nitrogen and oxygen atoms in total. The van der Waals surface area contributed by atoms with Gasteiger partial charge in [-0.15, -0.1) is 0 Å². The van der Waals surface area contributed by atoms with Gasteiger partial charge in [0, 0.05) is 10.9 Å². The van der Waals surface area contributed by atoms with E-state index in [0.717, 1.165) is 17.4 Å². The second-order valence-electron chi connectivity index (χ2n) is 11.8. The molecule has 0 heterocycles. The molecular weight excluding hydrogens is 470 g/mol. The molecule has 0 amide bonds. The van der Waals surface area contributed by atoms with E-state index in [0.29, 0.717) is 10.8 Å². The molecule has 4 aromatic carbocycles. The van der Waals surface area contributed by atoms with Crippen molar-refractivity contribution in [3.63, 3.8) is 0 Å².